The van der Waals surface area contributed by atoms with Crippen LogP contribution in [0.1, 0.15) is 43.7 Å². The van der Waals surface area contributed by atoms with Gasteiger partial charge in [-0.05, 0) is 37.8 Å². The Morgan fingerprint density at radius 2 is 2.23 bits per heavy atom. The van der Waals surface area contributed by atoms with E-state index in [2.05, 4.69) is 15.8 Å². The van der Waals surface area contributed by atoms with E-state index in [9.17, 15) is 9.59 Å². The van der Waals surface area contributed by atoms with E-state index in [0.717, 1.165) is 10.4 Å². The molecular weight excluding hydrogens is 306 g/mol. The minimum Gasteiger partial charge on any atom is -0.444 e. The van der Waals surface area contributed by atoms with Gasteiger partial charge in [-0.2, -0.15) is 0 Å². The van der Waals surface area contributed by atoms with Gasteiger partial charge in [-0.15, -0.1) is 11.3 Å². The molecule has 7 nitrogen and oxygen atoms in total. The molecule has 120 valence electrons. The van der Waals surface area contributed by atoms with Crippen molar-refractivity contribution in [3.05, 3.63) is 21.9 Å². The second-order valence-corrected chi connectivity index (χ2v) is 6.85. The lowest BCUT2D eigenvalue weighted by atomic mass is 10.2. The third-order valence-corrected chi connectivity index (χ3v) is 3.96. The van der Waals surface area contributed by atoms with Crippen LogP contribution < -0.4 is 10.6 Å². The molecule has 1 aromatic rings. The third-order valence-electron chi connectivity index (χ3n) is 2.98. The number of hydrogen-bond donors (Lipinski definition) is 3. The summed E-state index contributed by atoms with van der Waals surface area (Å²) < 4.78 is 5.06. The number of fused-ring (bicyclic) bond motifs is 1. The Labute approximate surface area is 132 Å². The average Bonchev–Trinajstić information content (AvgIpc) is 2.98. The summed E-state index contributed by atoms with van der Waals surface area (Å²) >= 11 is 1.47. The molecule has 3 N–H and O–H groups in total. The maximum Gasteiger partial charge on any atom is 0.408 e. The summed E-state index contributed by atoms with van der Waals surface area (Å²) in [5.41, 5.74) is 0.892. The normalized spacial score (nSPS) is 18.9. The molecule has 0 spiro atoms. The molecule has 2 amide bonds. The summed E-state index contributed by atoms with van der Waals surface area (Å²) in [6.07, 6.45) is -0.195. The van der Waals surface area contributed by atoms with Gasteiger partial charge in [0.1, 0.15) is 12.1 Å². The zero-order chi connectivity index (χ0) is 16.3. The van der Waals surface area contributed by atoms with Crippen molar-refractivity contribution in [3.8, 4) is 0 Å². The van der Waals surface area contributed by atoms with E-state index in [1.165, 1.54) is 11.3 Å². The van der Waals surface area contributed by atoms with Crippen LogP contribution in [0.3, 0.4) is 0 Å². The van der Waals surface area contributed by atoms with Gasteiger partial charge >= 0.3 is 6.09 Å². The number of hydrogen-bond acceptors (Lipinski definition) is 6. The Morgan fingerprint density at radius 3 is 2.86 bits per heavy atom. The fourth-order valence-electron chi connectivity index (χ4n) is 2.15. The largest absolute Gasteiger partial charge is 0.444 e. The monoisotopic (exact) mass is 325 g/mol. The molecule has 0 saturated carbocycles. The van der Waals surface area contributed by atoms with Crippen molar-refractivity contribution in [2.45, 2.75) is 38.8 Å². The topological polar surface area (TPSA) is 100 Å². The van der Waals surface area contributed by atoms with Crippen molar-refractivity contribution < 1.29 is 19.5 Å². The number of carbonyl (C=O) groups excluding carboxylic acids is 2. The zero-order valence-corrected chi connectivity index (χ0v) is 13.5. The molecule has 1 aliphatic carbocycles. The second kappa shape index (κ2) is 6.35. The molecule has 8 heteroatoms. The first-order valence-electron chi connectivity index (χ1n) is 6.85. The van der Waals surface area contributed by atoms with Gasteiger partial charge in [-0.3, -0.25) is 4.79 Å². The molecule has 0 aliphatic heterocycles. The molecule has 22 heavy (non-hydrogen) atoms. The fourth-order valence-corrected chi connectivity index (χ4v) is 3.11. The van der Waals surface area contributed by atoms with E-state index in [4.69, 9.17) is 9.94 Å². The average molecular weight is 325 g/mol. The molecule has 0 fully saturated rings. The lowest BCUT2D eigenvalue weighted by molar-refractivity contribution is -0.121. The molecule has 1 atom stereocenters. The van der Waals surface area contributed by atoms with Crippen LogP contribution in [-0.4, -0.2) is 35.1 Å². The molecule has 2 rings (SSSR count). The van der Waals surface area contributed by atoms with Crippen molar-refractivity contribution in [2.24, 2.45) is 5.16 Å². The highest BCUT2D eigenvalue weighted by atomic mass is 32.1. The Kier molecular flexibility index (Phi) is 4.70. The minimum atomic E-state index is -0.636. The number of amides is 2. The molecule has 0 bridgehead atoms. The first-order valence-corrected chi connectivity index (χ1v) is 7.73. The van der Waals surface area contributed by atoms with E-state index in [0.29, 0.717) is 12.1 Å². The molecular formula is C14H19N3O4S. The van der Waals surface area contributed by atoms with Gasteiger partial charge in [-0.1, -0.05) is 5.16 Å². The second-order valence-electron chi connectivity index (χ2n) is 5.93. The van der Waals surface area contributed by atoms with Crippen LogP contribution in [0.5, 0.6) is 0 Å². The van der Waals surface area contributed by atoms with Gasteiger partial charge in [0.15, 0.2) is 0 Å². The third kappa shape index (κ3) is 3.97. The maximum absolute atomic E-state index is 11.9. The van der Waals surface area contributed by atoms with Crippen molar-refractivity contribution in [1.82, 2.24) is 10.6 Å². The highest BCUT2D eigenvalue weighted by Crippen LogP contribution is 2.35. The van der Waals surface area contributed by atoms with Gasteiger partial charge in [-0.25, -0.2) is 4.79 Å². The van der Waals surface area contributed by atoms with Gasteiger partial charge in [0.25, 0.3) is 0 Å². The summed E-state index contributed by atoms with van der Waals surface area (Å²) in [6.45, 7) is 5.08. The van der Waals surface area contributed by atoms with E-state index in [1.807, 2.05) is 11.4 Å². The summed E-state index contributed by atoms with van der Waals surface area (Å²) in [7, 11) is 0. The van der Waals surface area contributed by atoms with Crippen LogP contribution in [0.15, 0.2) is 16.6 Å². The van der Waals surface area contributed by atoms with Crippen LogP contribution in [0, 0.1) is 0 Å². The van der Waals surface area contributed by atoms with Crippen molar-refractivity contribution >= 4 is 29.0 Å². The lowest BCUT2D eigenvalue weighted by Crippen LogP contribution is -2.40. The van der Waals surface area contributed by atoms with Crippen LogP contribution in [0.4, 0.5) is 4.79 Å². The number of carbonyl (C=O) groups is 2. The van der Waals surface area contributed by atoms with Crippen molar-refractivity contribution in [1.29, 1.82) is 0 Å². The Hall–Kier alpha value is -2.09. The highest BCUT2D eigenvalue weighted by Gasteiger charge is 2.30. The van der Waals surface area contributed by atoms with Crippen LogP contribution in [0.25, 0.3) is 0 Å². The van der Waals surface area contributed by atoms with Gasteiger partial charge in [0.05, 0.1) is 16.6 Å². The quantitative estimate of drug-likeness (QED) is 0.584. The molecule has 0 aromatic carbocycles. The Morgan fingerprint density at radius 1 is 1.50 bits per heavy atom. The first-order chi connectivity index (χ1) is 10.3. The zero-order valence-electron chi connectivity index (χ0n) is 12.7. The predicted molar refractivity (Wildman–Crippen MR) is 82.4 cm³/mol. The van der Waals surface area contributed by atoms with E-state index >= 15 is 0 Å². The first kappa shape index (κ1) is 16.3. The van der Waals surface area contributed by atoms with Gasteiger partial charge < -0.3 is 20.6 Å². The highest BCUT2D eigenvalue weighted by molar-refractivity contribution is 7.12. The SMILES string of the molecule is CC(C)(C)OC(=O)NCC(=O)N[C@H]1C/C(=N/O)c2sccc21. The minimum absolute atomic E-state index is 0.170. The van der Waals surface area contributed by atoms with Gasteiger partial charge in [0.2, 0.25) is 5.91 Å². The lowest BCUT2D eigenvalue weighted by Gasteiger charge is -2.20. The summed E-state index contributed by atoms with van der Waals surface area (Å²) in [5, 5.41) is 19.3. The van der Waals surface area contributed by atoms with Crippen LogP contribution in [0.2, 0.25) is 0 Å². The number of rotatable bonds is 3. The number of oxime groups is 1. The Balaban J connectivity index is 1.85. The van der Waals surface area contributed by atoms with Crippen molar-refractivity contribution in [2.75, 3.05) is 6.54 Å². The summed E-state index contributed by atoms with van der Waals surface area (Å²) in [4.78, 5) is 24.3. The number of nitrogens with zero attached hydrogens (tertiary/aromatic N) is 1. The predicted octanol–water partition coefficient (Wildman–Crippen LogP) is 2.01. The van der Waals surface area contributed by atoms with Crippen LogP contribution >= 0.6 is 11.3 Å². The van der Waals surface area contributed by atoms with Gasteiger partial charge in [0, 0.05) is 6.42 Å². The van der Waals surface area contributed by atoms with E-state index in [-0.39, 0.29) is 18.5 Å². The summed E-state index contributed by atoms with van der Waals surface area (Å²) in [6, 6.07) is 1.66. The number of nitrogens with one attached hydrogen (secondary N) is 2. The smallest absolute Gasteiger partial charge is 0.408 e. The molecule has 1 heterocycles. The molecule has 0 saturated heterocycles. The Bertz CT molecular complexity index is 603. The number of alkyl carbamates (subject to hydrolysis) is 1. The standard InChI is InChI=1S/C14H19N3O4S/c1-14(2,3)21-13(19)15-7-11(18)16-9-6-10(17-20)12-8(9)4-5-22-12/h4-5,9,20H,6-7H2,1-3H3,(H,15,19)(H,16,18)/b17-10-/t9-/m0/s1. The number of ether oxygens (including phenoxy) is 1. The number of thiophene rings is 1. The molecule has 1 aliphatic rings. The molecule has 1 aromatic heterocycles. The summed E-state index contributed by atoms with van der Waals surface area (Å²) in [5.74, 6) is -0.327. The van der Waals surface area contributed by atoms with E-state index in [1.54, 1.807) is 20.8 Å². The van der Waals surface area contributed by atoms with Crippen molar-refractivity contribution in [3.63, 3.8) is 0 Å². The molecule has 0 unspecified atom stereocenters. The maximum atomic E-state index is 11.9. The van der Waals surface area contributed by atoms with E-state index < -0.39 is 11.7 Å². The van der Waals surface area contributed by atoms with Crippen LogP contribution in [-0.2, 0) is 9.53 Å². The fraction of sp³-hybridized carbons (Fsp3) is 0.500. The molecule has 0 radical (unpaired) electrons.